The van der Waals surface area contributed by atoms with Crippen molar-refractivity contribution >= 4 is 33.2 Å². The van der Waals surface area contributed by atoms with E-state index in [1.54, 1.807) is 18.2 Å². The molecule has 0 radical (unpaired) electrons. The minimum atomic E-state index is -0.151. The number of nitrogen functional groups attached to an aromatic ring is 1. The van der Waals surface area contributed by atoms with E-state index in [4.69, 9.17) is 5.73 Å². The monoisotopic (exact) mass is 347 g/mol. The van der Waals surface area contributed by atoms with Gasteiger partial charge in [0, 0.05) is 36.0 Å². The molecule has 0 heterocycles. The maximum atomic E-state index is 12.1. The molecule has 0 fully saturated rings. The molecule has 0 saturated carbocycles. The molecule has 0 saturated heterocycles. The number of benzene rings is 2. The van der Waals surface area contributed by atoms with Crippen molar-refractivity contribution in [3.05, 3.63) is 58.6 Å². The van der Waals surface area contributed by atoms with Gasteiger partial charge in [0.25, 0.3) is 5.91 Å². The fourth-order valence-corrected chi connectivity index (χ4v) is 2.36. The molecule has 21 heavy (non-hydrogen) atoms. The van der Waals surface area contributed by atoms with E-state index in [2.05, 4.69) is 26.1 Å². The zero-order valence-corrected chi connectivity index (χ0v) is 13.4. The van der Waals surface area contributed by atoms with Crippen LogP contribution in [0.4, 0.5) is 11.4 Å². The second kappa shape index (κ2) is 7.13. The van der Waals surface area contributed by atoms with E-state index >= 15 is 0 Å². The lowest BCUT2D eigenvalue weighted by Crippen LogP contribution is -2.33. The third kappa shape index (κ3) is 4.23. The number of likely N-dealkylation sites (N-methyl/N-ethyl adjacent to an activating group) is 1. The number of amides is 1. The molecule has 2 aromatic carbocycles. The smallest absolute Gasteiger partial charge is 0.253 e. The van der Waals surface area contributed by atoms with Crippen LogP contribution < -0.4 is 16.0 Å². The Hall–Kier alpha value is -2.01. The Morgan fingerprint density at radius 3 is 2.62 bits per heavy atom. The van der Waals surface area contributed by atoms with E-state index in [9.17, 15) is 4.79 Å². The lowest BCUT2D eigenvalue weighted by Gasteiger charge is -2.19. The van der Waals surface area contributed by atoms with Gasteiger partial charge < -0.3 is 16.0 Å². The van der Waals surface area contributed by atoms with Gasteiger partial charge in [-0.15, -0.1) is 0 Å². The highest BCUT2D eigenvalue weighted by Crippen LogP contribution is 2.18. The molecular weight excluding hydrogens is 330 g/mol. The average molecular weight is 348 g/mol. The average Bonchev–Trinajstić information content (AvgIpc) is 2.47. The van der Waals surface area contributed by atoms with Gasteiger partial charge in [-0.05, 0) is 30.3 Å². The second-order valence-corrected chi connectivity index (χ2v) is 5.66. The molecule has 3 N–H and O–H groups in total. The summed E-state index contributed by atoms with van der Waals surface area (Å²) in [6.45, 7) is 1.28. The fraction of sp³-hybridized carbons (Fsp3) is 0.188. The number of nitrogens with one attached hydrogen (secondary N) is 1. The molecule has 5 heteroatoms. The van der Waals surface area contributed by atoms with Crippen LogP contribution in [-0.2, 0) is 0 Å². The SMILES string of the molecule is CN(CCNC(=O)c1ccc(Br)cc1N)c1ccccc1. The number of carbonyl (C=O) groups excluding carboxylic acids is 1. The van der Waals surface area contributed by atoms with Gasteiger partial charge in [-0.25, -0.2) is 0 Å². The second-order valence-electron chi connectivity index (χ2n) is 4.74. The summed E-state index contributed by atoms with van der Waals surface area (Å²) < 4.78 is 0.861. The van der Waals surface area contributed by atoms with Crippen molar-refractivity contribution in [2.24, 2.45) is 0 Å². The van der Waals surface area contributed by atoms with Crippen LogP contribution in [0, 0.1) is 0 Å². The van der Waals surface area contributed by atoms with Gasteiger partial charge in [0.2, 0.25) is 0 Å². The van der Waals surface area contributed by atoms with Crippen molar-refractivity contribution < 1.29 is 4.79 Å². The Morgan fingerprint density at radius 1 is 1.24 bits per heavy atom. The number of hydrogen-bond donors (Lipinski definition) is 2. The number of para-hydroxylation sites is 1. The Bertz CT molecular complexity index is 616. The summed E-state index contributed by atoms with van der Waals surface area (Å²) in [6, 6.07) is 15.3. The van der Waals surface area contributed by atoms with E-state index in [0.29, 0.717) is 17.8 Å². The van der Waals surface area contributed by atoms with E-state index in [0.717, 1.165) is 16.7 Å². The number of halogens is 1. The summed E-state index contributed by atoms with van der Waals surface area (Å²) in [7, 11) is 2.00. The lowest BCUT2D eigenvalue weighted by molar-refractivity contribution is 0.0955. The fourth-order valence-electron chi connectivity index (χ4n) is 1.98. The first-order chi connectivity index (χ1) is 10.1. The van der Waals surface area contributed by atoms with Gasteiger partial charge in [0.05, 0.1) is 5.56 Å². The summed E-state index contributed by atoms with van der Waals surface area (Å²) in [5, 5.41) is 2.88. The van der Waals surface area contributed by atoms with Crippen LogP contribution in [0.15, 0.2) is 53.0 Å². The molecular formula is C16H18BrN3O. The topological polar surface area (TPSA) is 58.4 Å². The Kier molecular flexibility index (Phi) is 5.22. The van der Waals surface area contributed by atoms with E-state index < -0.39 is 0 Å². The molecule has 1 amide bonds. The minimum Gasteiger partial charge on any atom is -0.398 e. The quantitative estimate of drug-likeness (QED) is 0.817. The molecule has 2 rings (SSSR count). The zero-order valence-electron chi connectivity index (χ0n) is 11.8. The summed E-state index contributed by atoms with van der Waals surface area (Å²) in [4.78, 5) is 14.2. The normalized spacial score (nSPS) is 10.2. The molecule has 0 aromatic heterocycles. The molecule has 4 nitrogen and oxygen atoms in total. The number of rotatable bonds is 5. The first-order valence-corrected chi connectivity index (χ1v) is 7.46. The van der Waals surface area contributed by atoms with E-state index in [1.165, 1.54) is 0 Å². The van der Waals surface area contributed by atoms with Crippen molar-refractivity contribution in [2.45, 2.75) is 0 Å². The third-order valence-corrected chi connectivity index (χ3v) is 3.68. The predicted molar refractivity (Wildman–Crippen MR) is 90.6 cm³/mol. The summed E-state index contributed by atoms with van der Waals surface area (Å²) in [5.74, 6) is -0.151. The van der Waals surface area contributed by atoms with Crippen molar-refractivity contribution in [3.8, 4) is 0 Å². The minimum absolute atomic E-state index is 0.151. The Morgan fingerprint density at radius 2 is 1.95 bits per heavy atom. The molecule has 0 unspecified atom stereocenters. The maximum absolute atomic E-state index is 12.1. The van der Waals surface area contributed by atoms with Gasteiger partial charge in [0.15, 0.2) is 0 Å². The van der Waals surface area contributed by atoms with E-state index in [1.807, 2.05) is 37.4 Å². The molecule has 2 aromatic rings. The molecule has 0 aliphatic rings. The number of nitrogens with two attached hydrogens (primary N) is 1. The van der Waals surface area contributed by atoms with Gasteiger partial charge >= 0.3 is 0 Å². The van der Waals surface area contributed by atoms with Crippen molar-refractivity contribution in [1.82, 2.24) is 5.32 Å². The van der Waals surface area contributed by atoms with Crippen LogP contribution in [0.5, 0.6) is 0 Å². The van der Waals surface area contributed by atoms with Crippen LogP contribution in [0.25, 0.3) is 0 Å². The van der Waals surface area contributed by atoms with Gasteiger partial charge in [0.1, 0.15) is 0 Å². The first kappa shape index (κ1) is 15.4. The highest BCUT2D eigenvalue weighted by molar-refractivity contribution is 9.10. The molecule has 0 aliphatic carbocycles. The van der Waals surface area contributed by atoms with Gasteiger partial charge in [-0.2, -0.15) is 0 Å². The molecule has 0 aliphatic heterocycles. The van der Waals surface area contributed by atoms with Crippen LogP contribution in [-0.4, -0.2) is 26.0 Å². The lowest BCUT2D eigenvalue weighted by atomic mass is 10.1. The van der Waals surface area contributed by atoms with Crippen LogP contribution >= 0.6 is 15.9 Å². The van der Waals surface area contributed by atoms with Gasteiger partial charge in [-0.1, -0.05) is 34.1 Å². The maximum Gasteiger partial charge on any atom is 0.253 e. The standard InChI is InChI=1S/C16H18BrN3O/c1-20(13-5-3-2-4-6-13)10-9-19-16(21)14-8-7-12(17)11-15(14)18/h2-8,11H,9-10,18H2,1H3,(H,19,21). The summed E-state index contributed by atoms with van der Waals surface area (Å²) in [5.41, 5.74) is 7.94. The summed E-state index contributed by atoms with van der Waals surface area (Å²) >= 11 is 3.32. The molecule has 110 valence electrons. The van der Waals surface area contributed by atoms with Gasteiger partial charge in [-0.3, -0.25) is 4.79 Å². The van der Waals surface area contributed by atoms with Crippen LogP contribution in [0.3, 0.4) is 0 Å². The van der Waals surface area contributed by atoms with Crippen LogP contribution in [0.2, 0.25) is 0 Å². The Balaban J connectivity index is 1.87. The van der Waals surface area contributed by atoms with Crippen molar-refractivity contribution in [1.29, 1.82) is 0 Å². The molecule has 0 spiro atoms. The molecule has 0 atom stereocenters. The number of nitrogens with zero attached hydrogens (tertiary/aromatic N) is 1. The van der Waals surface area contributed by atoms with Crippen molar-refractivity contribution in [2.75, 3.05) is 30.8 Å². The molecule has 0 bridgehead atoms. The Labute approximate surface area is 133 Å². The third-order valence-electron chi connectivity index (χ3n) is 3.19. The first-order valence-electron chi connectivity index (χ1n) is 6.67. The zero-order chi connectivity index (χ0) is 15.2. The largest absolute Gasteiger partial charge is 0.398 e. The van der Waals surface area contributed by atoms with E-state index in [-0.39, 0.29) is 5.91 Å². The number of anilines is 2. The number of carbonyl (C=O) groups is 1. The van der Waals surface area contributed by atoms with Crippen molar-refractivity contribution in [3.63, 3.8) is 0 Å². The predicted octanol–water partition coefficient (Wildman–Crippen LogP) is 2.90. The van der Waals surface area contributed by atoms with Crippen LogP contribution in [0.1, 0.15) is 10.4 Å². The highest BCUT2D eigenvalue weighted by Gasteiger charge is 2.09. The number of hydrogen-bond acceptors (Lipinski definition) is 3. The highest BCUT2D eigenvalue weighted by atomic mass is 79.9. The summed E-state index contributed by atoms with van der Waals surface area (Å²) in [6.07, 6.45) is 0.